The topological polar surface area (TPSA) is 32.3 Å². The van der Waals surface area contributed by atoms with E-state index in [9.17, 15) is 4.79 Å². The zero-order chi connectivity index (χ0) is 15.5. The fourth-order valence-electron chi connectivity index (χ4n) is 2.85. The summed E-state index contributed by atoms with van der Waals surface area (Å²) in [5.41, 5.74) is 1.15. The van der Waals surface area contributed by atoms with Crippen LogP contribution in [0, 0.1) is 5.92 Å². The summed E-state index contributed by atoms with van der Waals surface area (Å²) in [6, 6.07) is 12.2. The van der Waals surface area contributed by atoms with Crippen molar-refractivity contribution >= 4 is 45.6 Å². The van der Waals surface area contributed by atoms with Gasteiger partial charge in [-0.1, -0.05) is 28.1 Å². The van der Waals surface area contributed by atoms with Gasteiger partial charge in [0.2, 0.25) is 0 Å². The van der Waals surface area contributed by atoms with Crippen LogP contribution >= 0.6 is 39.7 Å². The molecular weight excluding hydrogens is 396 g/mol. The fourth-order valence-corrected chi connectivity index (χ4v) is 4.09. The van der Waals surface area contributed by atoms with Crippen LogP contribution in [-0.4, -0.2) is 37.5 Å². The van der Waals surface area contributed by atoms with Crippen molar-refractivity contribution in [2.45, 2.75) is 6.42 Å². The molecule has 1 aromatic carbocycles. The van der Waals surface area contributed by atoms with Gasteiger partial charge in [-0.15, -0.1) is 23.7 Å². The van der Waals surface area contributed by atoms with Gasteiger partial charge >= 0.3 is 0 Å². The van der Waals surface area contributed by atoms with Crippen LogP contribution in [0.15, 0.2) is 40.9 Å². The first-order valence-corrected chi connectivity index (χ1v) is 9.08. The van der Waals surface area contributed by atoms with E-state index in [-0.39, 0.29) is 18.3 Å². The molecule has 124 valence electrons. The number of likely N-dealkylation sites (tertiary alicyclic amines) is 1. The number of nitrogens with zero attached hydrogens (tertiary/aromatic N) is 1. The van der Waals surface area contributed by atoms with Crippen molar-refractivity contribution in [3.8, 4) is 10.4 Å². The molecule has 0 bridgehead atoms. The zero-order valence-electron chi connectivity index (χ0n) is 12.9. The minimum absolute atomic E-state index is 0. The Kier molecular flexibility index (Phi) is 6.65. The molecule has 0 saturated carbocycles. The Labute approximate surface area is 155 Å². The highest BCUT2D eigenvalue weighted by molar-refractivity contribution is 9.10. The molecule has 1 fully saturated rings. The Morgan fingerprint density at radius 2 is 2.04 bits per heavy atom. The maximum Gasteiger partial charge on any atom is 0.263 e. The first-order valence-electron chi connectivity index (χ1n) is 7.47. The standard InChI is InChI=1S/C17H19BrN2OS.ClH/c1-19-10-12-8-9-20(11-12)17(21)16-7-6-15(22-16)13-2-4-14(18)5-3-13;/h2-7,12,19H,8-11H2,1H3;1H. The van der Waals surface area contributed by atoms with Crippen molar-refractivity contribution in [3.05, 3.63) is 45.7 Å². The third-order valence-corrected chi connectivity index (χ3v) is 5.66. The Balaban J connectivity index is 0.00000192. The number of rotatable bonds is 4. The van der Waals surface area contributed by atoms with Gasteiger partial charge in [0.05, 0.1) is 4.88 Å². The van der Waals surface area contributed by atoms with Gasteiger partial charge in [-0.2, -0.15) is 0 Å². The van der Waals surface area contributed by atoms with Crippen LogP contribution in [0.2, 0.25) is 0 Å². The smallest absolute Gasteiger partial charge is 0.263 e. The summed E-state index contributed by atoms with van der Waals surface area (Å²) in [6.07, 6.45) is 1.09. The lowest BCUT2D eigenvalue weighted by atomic mass is 10.1. The summed E-state index contributed by atoms with van der Waals surface area (Å²) in [7, 11) is 1.97. The van der Waals surface area contributed by atoms with Crippen LogP contribution in [-0.2, 0) is 0 Å². The summed E-state index contributed by atoms with van der Waals surface area (Å²) in [6.45, 7) is 2.72. The molecule has 3 rings (SSSR count). The first-order chi connectivity index (χ1) is 10.7. The van der Waals surface area contributed by atoms with E-state index in [0.717, 1.165) is 45.8 Å². The van der Waals surface area contributed by atoms with Crippen molar-refractivity contribution < 1.29 is 4.79 Å². The number of amides is 1. The minimum atomic E-state index is 0. The predicted octanol–water partition coefficient (Wildman–Crippen LogP) is 4.28. The Bertz CT molecular complexity index is 659. The van der Waals surface area contributed by atoms with E-state index in [2.05, 4.69) is 33.4 Å². The molecule has 23 heavy (non-hydrogen) atoms. The summed E-state index contributed by atoms with van der Waals surface area (Å²) < 4.78 is 1.07. The number of thiophene rings is 1. The van der Waals surface area contributed by atoms with Crippen molar-refractivity contribution in [1.29, 1.82) is 0 Å². The van der Waals surface area contributed by atoms with Crippen molar-refractivity contribution in [2.75, 3.05) is 26.7 Å². The van der Waals surface area contributed by atoms with Crippen molar-refractivity contribution in [3.63, 3.8) is 0 Å². The first kappa shape index (κ1) is 18.5. The average Bonchev–Trinajstić information content (AvgIpc) is 3.17. The molecule has 0 aliphatic carbocycles. The number of hydrogen-bond donors (Lipinski definition) is 1. The summed E-state index contributed by atoms with van der Waals surface area (Å²) in [5, 5.41) is 3.20. The molecule has 0 spiro atoms. The van der Waals surface area contributed by atoms with Crippen LogP contribution in [0.5, 0.6) is 0 Å². The van der Waals surface area contributed by atoms with Crippen LogP contribution in [0.4, 0.5) is 0 Å². The minimum Gasteiger partial charge on any atom is -0.338 e. The molecule has 2 heterocycles. The number of halogens is 2. The normalized spacial score (nSPS) is 17.1. The van der Waals surface area contributed by atoms with Crippen LogP contribution in [0.3, 0.4) is 0 Å². The Morgan fingerprint density at radius 1 is 1.30 bits per heavy atom. The van der Waals surface area contributed by atoms with Crippen LogP contribution in [0.25, 0.3) is 10.4 Å². The number of carbonyl (C=O) groups is 1. The monoisotopic (exact) mass is 414 g/mol. The van der Waals surface area contributed by atoms with E-state index in [0.29, 0.717) is 5.92 Å². The molecule has 1 aliphatic rings. The van der Waals surface area contributed by atoms with Gasteiger partial charge in [0.25, 0.3) is 5.91 Å². The largest absolute Gasteiger partial charge is 0.338 e. The van der Waals surface area contributed by atoms with Gasteiger partial charge in [-0.3, -0.25) is 4.79 Å². The Morgan fingerprint density at radius 3 is 2.74 bits per heavy atom. The summed E-state index contributed by atoms with van der Waals surface area (Å²) >= 11 is 5.03. The van der Waals surface area contributed by atoms with Crippen molar-refractivity contribution in [1.82, 2.24) is 10.2 Å². The summed E-state index contributed by atoms with van der Waals surface area (Å²) in [4.78, 5) is 16.6. The lowest BCUT2D eigenvalue weighted by molar-refractivity contribution is 0.0792. The van der Waals surface area contributed by atoms with Gasteiger partial charge in [0.1, 0.15) is 0 Å². The van der Waals surface area contributed by atoms with Gasteiger partial charge in [-0.25, -0.2) is 0 Å². The molecule has 1 aromatic heterocycles. The van der Waals surface area contributed by atoms with Gasteiger partial charge in [-0.05, 0) is 55.8 Å². The van der Waals surface area contributed by atoms with E-state index >= 15 is 0 Å². The molecule has 3 nitrogen and oxygen atoms in total. The molecule has 2 aromatic rings. The maximum atomic E-state index is 12.6. The van der Waals surface area contributed by atoms with E-state index in [4.69, 9.17) is 0 Å². The van der Waals surface area contributed by atoms with E-state index in [1.54, 1.807) is 11.3 Å². The number of benzene rings is 1. The number of carbonyl (C=O) groups excluding carboxylic acids is 1. The molecule has 1 aliphatic heterocycles. The van der Waals surface area contributed by atoms with Crippen molar-refractivity contribution in [2.24, 2.45) is 5.92 Å². The molecule has 0 radical (unpaired) electrons. The second kappa shape index (κ2) is 8.29. The Hall–Kier alpha value is -0.880. The second-order valence-electron chi connectivity index (χ2n) is 5.63. The highest BCUT2D eigenvalue weighted by atomic mass is 79.9. The lowest BCUT2D eigenvalue weighted by Gasteiger charge is -2.15. The van der Waals surface area contributed by atoms with Crippen LogP contribution < -0.4 is 5.32 Å². The summed E-state index contributed by atoms with van der Waals surface area (Å²) in [5.74, 6) is 0.756. The van der Waals surface area contributed by atoms with Gasteiger partial charge < -0.3 is 10.2 Å². The fraction of sp³-hybridized carbons (Fsp3) is 0.353. The molecule has 1 unspecified atom stereocenters. The highest BCUT2D eigenvalue weighted by Crippen LogP contribution is 2.30. The third kappa shape index (κ3) is 4.35. The third-order valence-electron chi connectivity index (χ3n) is 4.01. The maximum absolute atomic E-state index is 12.6. The SMILES string of the molecule is CNCC1CCN(C(=O)c2ccc(-c3ccc(Br)cc3)s2)C1.Cl. The average molecular weight is 416 g/mol. The quantitative estimate of drug-likeness (QED) is 0.808. The van der Waals surface area contributed by atoms with E-state index < -0.39 is 0 Å². The predicted molar refractivity (Wildman–Crippen MR) is 103 cm³/mol. The number of hydrogen-bond acceptors (Lipinski definition) is 3. The molecule has 6 heteroatoms. The van der Waals surface area contributed by atoms with E-state index in [1.807, 2.05) is 36.2 Å². The number of nitrogens with one attached hydrogen (secondary N) is 1. The molecule has 1 amide bonds. The molecule has 1 saturated heterocycles. The second-order valence-corrected chi connectivity index (χ2v) is 7.63. The van der Waals surface area contributed by atoms with Gasteiger partial charge in [0, 0.05) is 22.4 Å². The zero-order valence-corrected chi connectivity index (χ0v) is 16.1. The molecular formula is C17H20BrClN2OS. The highest BCUT2D eigenvalue weighted by Gasteiger charge is 2.27. The van der Waals surface area contributed by atoms with Crippen LogP contribution in [0.1, 0.15) is 16.1 Å². The molecule has 1 N–H and O–H groups in total. The van der Waals surface area contributed by atoms with Gasteiger partial charge in [0.15, 0.2) is 0 Å². The molecule has 1 atom stereocenters. The lowest BCUT2D eigenvalue weighted by Crippen LogP contribution is -2.29. The van der Waals surface area contributed by atoms with E-state index in [1.165, 1.54) is 0 Å².